The summed E-state index contributed by atoms with van der Waals surface area (Å²) in [6, 6.07) is 6.24. The van der Waals surface area contributed by atoms with Gasteiger partial charge in [-0.2, -0.15) is 4.31 Å². The van der Waals surface area contributed by atoms with E-state index in [-0.39, 0.29) is 11.8 Å². The van der Waals surface area contributed by atoms with Gasteiger partial charge in [0.25, 0.3) is 0 Å². The van der Waals surface area contributed by atoms with E-state index in [2.05, 4.69) is 28.9 Å². The first-order valence-corrected chi connectivity index (χ1v) is 11.3. The van der Waals surface area contributed by atoms with E-state index in [4.69, 9.17) is 0 Å². The molecule has 7 nitrogen and oxygen atoms in total. The lowest BCUT2D eigenvalue weighted by Gasteiger charge is -2.42. The number of hydrogen-bond donors (Lipinski definition) is 0. The number of nitrogens with zero attached hydrogens (tertiary/aromatic N) is 4. The maximum absolute atomic E-state index is 12.6. The second-order valence-corrected chi connectivity index (χ2v) is 10.0. The molecule has 0 bridgehead atoms. The normalized spacial score (nSPS) is 19.8. The summed E-state index contributed by atoms with van der Waals surface area (Å²) in [6.45, 7) is 5.16. The van der Waals surface area contributed by atoms with Gasteiger partial charge in [0.2, 0.25) is 15.9 Å². The molecule has 26 heavy (non-hydrogen) atoms. The number of carbonyl (C=O) groups excluding carboxylic acids is 1. The SMILES string of the molecule is Cc1ccc2nc(N3CC(C(=O)N4CCN(S(C)(=O)=O)CC4)C3)sc2c1. The molecule has 2 saturated heterocycles. The molecule has 0 saturated carbocycles. The molecule has 0 aliphatic carbocycles. The van der Waals surface area contributed by atoms with Crippen molar-refractivity contribution in [3.63, 3.8) is 0 Å². The van der Waals surface area contributed by atoms with Crippen LogP contribution in [0.1, 0.15) is 5.56 Å². The van der Waals surface area contributed by atoms with Gasteiger partial charge in [-0.1, -0.05) is 17.4 Å². The molecule has 0 N–H and O–H groups in total. The highest BCUT2D eigenvalue weighted by Crippen LogP contribution is 2.33. The molecule has 1 aromatic heterocycles. The lowest BCUT2D eigenvalue weighted by atomic mass is 9.99. The third-order valence-corrected chi connectivity index (χ3v) is 7.44. The van der Waals surface area contributed by atoms with E-state index in [0.29, 0.717) is 39.3 Å². The number of rotatable bonds is 3. The van der Waals surface area contributed by atoms with Crippen LogP contribution in [0.5, 0.6) is 0 Å². The summed E-state index contributed by atoms with van der Waals surface area (Å²) >= 11 is 1.66. The molecular formula is C17H22N4O3S2. The van der Waals surface area contributed by atoms with Crippen molar-refractivity contribution in [2.24, 2.45) is 5.92 Å². The van der Waals surface area contributed by atoms with E-state index in [0.717, 1.165) is 10.6 Å². The number of benzene rings is 1. The first-order valence-electron chi connectivity index (χ1n) is 8.67. The lowest BCUT2D eigenvalue weighted by molar-refractivity contribution is -0.137. The number of aryl methyl sites for hydroxylation is 1. The molecule has 0 atom stereocenters. The Hall–Kier alpha value is -1.71. The number of aromatic nitrogens is 1. The van der Waals surface area contributed by atoms with E-state index in [1.807, 2.05) is 6.07 Å². The molecule has 140 valence electrons. The molecule has 2 aliphatic heterocycles. The van der Waals surface area contributed by atoms with Crippen LogP contribution in [-0.4, -0.2) is 74.0 Å². The van der Waals surface area contributed by atoms with Gasteiger partial charge in [-0.05, 0) is 24.6 Å². The monoisotopic (exact) mass is 394 g/mol. The molecule has 3 heterocycles. The number of fused-ring (bicyclic) bond motifs is 1. The Kier molecular flexibility index (Phi) is 4.40. The second-order valence-electron chi connectivity index (χ2n) is 7.06. The van der Waals surface area contributed by atoms with E-state index in [9.17, 15) is 13.2 Å². The van der Waals surface area contributed by atoms with Crippen molar-refractivity contribution in [3.05, 3.63) is 23.8 Å². The molecule has 1 aromatic carbocycles. The molecule has 0 unspecified atom stereocenters. The van der Waals surface area contributed by atoms with Crippen molar-refractivity contribution in [3.8, 4) is 0 Å². The average molecular weight is 395 g/mol. The third kappa shape index (κ3) is 3.30. The van der Waals surface area contributed by atoms with Crippen molar-refractivity contribution < 1.29 is 13.2 Å². The van der Waals surface area contributed by atoms with Crippen molar-refractivity contribution in [1.82, 2.24) is 14.2 Å². The Labute approximate surface area is 157 Å². The molecular weight excluding hydrogens is 372 g/mol. The van der Waals surface area contributed by atoms with Gasteiger partial charge in [-0.3, -0.25) is 4.79 Å². The fraction of sp³-hybridized carbons (Fsp3) is 0.529. The van der Waals surface area contributed by atoms with Crippen LogP contribution in [0, 0.1) is 12.8 Å². The average Bonchev–Trinajstić information content (AvgIpc) is 2.95. The maximum atomic E-state index is 12.6. The van der Waals surface area contributed by atoms with Gasteiger partial charge in [0.1, 0.15) is 0 Å². The molecule has 1 amide bonds. The number of hydrogen-bond acceptors (Lipinski definition) is 6. The van der Waals surface area contributed by atoms with Gasteiger partial charge in [-0.15, -0.1) is 0 Å². The first-order chi connectivity index (χ1) is 12.3. The van der Waals surface area contributed by atoms with Gasteiger partial charge in [-0.25, -0.2) is 13.4 Å². The quantitative estimate of drug-likeness (QED) is 0.781. The maximum Gasteiger partial charge on any atom is 0.229 e. The Morgan fingerprint density at radius 3 is 2.54 bits per heavy atom. The van der Waals surface area contributed by atoms with Crippen LogP contribution in [0.25, 0.3) is 10.2 Å². The van der Waals surface area contributed by atoms with Crippen LogP contribution in [0.15, 0.2) is 18.2 Å². The lowest BCUT2D eigenvalue weighted by Crippen LogP contribution is -2.58. The van der Waals surface area contributed by atoms with Crippen LogP contribution in [0.3, 0.4) is 0 Å². The van der Waals surface area contributed by atoms with Crippen LogP contribution in [0.2, 0.25) is 0 Å². The highest BCUT2D eigenvalue weighted by atomic mass is 32.2. The summed E-state index contributed by atoms with van der Waals surface area (Å²) in [4.78, 5) is 21.3. The van der Waals surface area contributed by atoms with Crippen molar-refractivity contribution >= 4 is 42.6 Å². The zero-order valence-electron chi connectivity index (χ0n) is 14.9. The van der Waals surface area contributed by atoms with Gasteiger partial charge < -0.3 is 9.80 Å². The minimum atomic E-state index is -3.17. The number of amides is 1. The highest BCUT2D eigenvalue weighted by Gasteiger charge is 2.38. The topological polar surface area (TPSA) is 73.8 Å². The summed E-state index contributed by atoms with van der Waals surface area (Å²) in [7, 11) is -3.17. The van der Waals surface area contributed by atoms with Crippen molar-refractivity contribution in [2.45, 2.75) is 6.92 Å². The second kappa shape index (κ2) is 6.47. The molecule has 0 spiro atoms. The fourth-order valence-corrected chi connectivity index (χ4v) is 5.35. The van der Waals surface area contributed by atoms with Gasteiger partial charge in [0, 0.05) is 39.3 Å². The van der Waals surface area contributed by atoms with E-state index >= 15 is 0 Å². The van der Waals surface area contributed by atoms with Crippen LogP contribution >= 0.6 is 11.3 Å². The number of anilines is 1. The Morgan fingerprint density at radius 1 is 1.19 bits per heavy atom. The Balaban J connectivity index is 1.35. The summed E-state index contributed by atoms with van der Waals surface area (Å²) in [5, 5.41) is 0.969. The summed E-state index contributed by atoms with van der Waals surface area (Å²) in [6.07, 6.45) is 1.22. The molecule has 4 rings (SSSR count). The predicted molar refractivity (Wildman–Crippen MR) is 103 cm³/mol. The standard InChI is InChI=1S/C17H22N4O3S2/c1-12-3-4-14-15(9-12)25-17(18-14)20-10-13(11-20)16(22)19-5-7-21(8-6-19)26(2,23)24/h3-4,9,13H,5-8,10-11H2,1-2H3. The minimum Gasteiger partial charge on any atom is -0.346 e. The summed E-state index contributed by atoms with van der Waals surface area (Å²) in [5.41, 5.74) is 2.22. The first kappa shape index (κ1) is 17.7. The van der Waals surface area contributed by atoms with Gasteiger partial charge in [0.15, 0.2) is 5.13 Å². The van der Waals surface area contributed by atoms with Crippen LogP contribution < -0.4 is 4.90 Å². The van der Waals surface area contributed by atoms with Crippen LogP contribution in [-0.2, 0) is 14.8 Å². The number of thiazole rings is 1. The van der Waals surface area contributed by atoms with E-state index in [1.165, 1.54) is 20.8 Å². The van der Waals surface area contributed by atoms with Crippen molar-refractivity contribution in [2.75, 3.05) is 50.4 Å². The largest absolute Gasteiger partial charge is 0.346 e. The van der Waals surface area contributed by atoms with Gasteiger partial charge >= 0.3 is 0 Å². The zero-order chi connectivity index (χ0) is 18.5. The van der Waals surface area contributed by atoms with Crippen molar-refractivity contribution in [1.29, 1.82) is 0 Å². The number of piperazine rings is 1. The fourth-order valence-electron chi connectivity index (χ4n) is 3.44. The predicted octanol–water partition coefficient (Wildman–Crippen LogP) is 1.14. The van der Waals surface area contributed by atoms with Gasteiger partial charge in [0.05, 0.1) is 22.4 Å². The summed E-state index contributed by atoms with van der Waals surface area (Å²) in [5.74, 6) is 0.111. The number of sulfonamides is 1. The molecule has 2 aromatic rings. The smallest absolute Gasteiger partial charge is 0.229 e. The Bertz CT molecular complexity index is 942. The minimum absolute atomic E-state index is 0.0199. The zero-order valence-corrected chi connectivity index (χ0v) is 16.5. The van der Waals surface area contributed by atoms with Crippen LogP contribution in [0.4, 0.5) is 5.13 Å². The molecule has 9 heteroatoms. The summed E-state index contributed by atoms with van der Waals surface area (Å²) < 4.78 is 25.7. The molecule has 2 aliphatic rings. The Morgan fingerprint density at radius 2 is 1.88 bits per heavy atom. The molecule has 0 radical (unpaired) electrons. The number of carbonyl (C=O) groups is 1. The third-order valence-electron chi connectivity index (χ3n) is 5.05. The molecule has 2 fully saturated rings. The van der Waals surface area contributed by atoms with E-state index < -0.39 is 10.0 Å². The van der Waals surface area contributed by atoms with E-state index in [1.54, 1.807) is 16.2 Å². The highest BCUT2D eigenvalue weighted by molar-refractivity contribution is 7.88.